The van der Waals surface area contributed by atoms with Crippen molar-refractivity contribution < 1.29 is 35.1 Å². The molecule has 0 heterocycles. The third-order valence-corrected chi connectivity index (χ3v) is 1.15. The summed E-state index contributed by atoms with van der Waals surface area (Å²) in [5, 5.41) is 0. The van der Waals surface area contributed by atoms with E-state index in [1.165, 1.54) is 0 Å². The highest BCUT2D eigenvalue weighted by Crippen LogP contribution is 2.42. The molecule has 0 aromatic carbocycles. The molecule has 0 radical (unpaired) electrons. The maximum absolute atomic E-state index is 12.3. The van der Waals surface area contributed by atoms with E-state index < -0.39 is 30.4 Å². The summed E-state index contributed by atoms with van der Waals surface area (Å²) >= 11 is 0. The van der Waals surface area contributed by atoms with Crippen LogP contribution in [0.5, 0.6) is 0 Å². The molecule has 0 bridgehead atoms. The monoisotopic (exact) mass is 214 g/mol. The van der Waals surface area contributed by atoms with Gasteiger partial charge in [-0.2, -0.15) is 22.0 Å². The lowest BCUT2D eigenvalue weighted by Crippen LogP contribution is -2.44. The van der Waals surface area contributed by atoms with Gasteiger partial charge in [-0.1, -0.05) is 0 Å². The molecular weight excluding hydrogens is 212 g/mol. The Hall–Kier alpha value is -0.820. The Bertz CT molecular complexity index is 211. The van der Waals surface area contributed by atoms with Crippen LogP contribution in [-0.2, 0) is 0 Å². The molecule has 78 valence electrons. The Labute approximate surface area is 66.8 Å². The van der Waals surface area contributed by atoms with Gasteiger partial charge in [-0.15, -0.1) is 0 Å². The topological polar surface area (TPSA) is 0 Å². The van der Waals surface area contributed by atoms with Gasteiger partial charge in [0.05, 0.1) is 0 Å². The van der Waals surface area contributed by atoms with Crippen LogP contribution in [0.4, 0.5) is 35.1 Å². The van der Waals surface area contributed by atoms with E-state index in [0.29, 0.717) is 0 Å². The Balaban J connectivity index is 5.21. The zero-order valence-corrected chi connectivity index (χ0v) is 5.73. The minimum absolute atomic E-state index is 2.93. The molecule has 0 N–H and O–H groups in total. The fourth-order valence-corrected chi connectivity index (χ4v) is 0.409. The number of hydrogen-bond donors (Lipinski definition) is 0. The summed E-state index contributed by atoms with van der Waals surface area (Å²) in [4.78, 5) is 0. The van der Waals surface area contributed by atoms with Gasteiger partial charge in [0.1, 0.15) is 6.67 Å². The summed E-state index contributed by atoms with van der Waals surface area (Å²) in [6, 6.07) is 0. The molecule has 8 heteroatoms. The van der Waals surface area contributed by atoms with Crippen LogP contribution in [0.3, 0.4) is 0 Å². The highest BCUT2D eigenvalue weighted by Gasteiger charge is 2.61. The third-order valence-electron chi connectivity index (χ3n) is 1.15. The van der Waals surface area contributed by atoms with E-state index >= 15 is 0 Å². The highest BCUT2D eigenvalue weighted by atomic mass is 19.4. The van der Waals surface area contributed by atoms with E-state index in [-0.39, 0.29) is 0 Å². The zero-order chi connectivity index (χ0) is 10.9. The second-order valence-corrected chi connectivity index (χ2v) is 2.01. The maximum Gasteiger partial charge on any atom is 0.431 e. The molecule has 0 spiro atoms. The third kappa shape index (κ3) is 2.10. The lowest BCUT2D eigenvalue weighted by atomic mass is 10.1. The summed E-state index contributed by atoms with van der Waals surface area (Å²) in [6.07, 6.45) is -9.58. The van der Waals surface area contributed by atoms with Gasteiger partial charge in [0, 0.05) is 0 Å². The average Bonchev–Trinajstić information content (AvgIpc) is 1.99. The second kappa shape index (κ2) is 3.51. The molecular formula is C5H2F8. The Morgan fingerprint density at radius 3 is 1.38 bits per heavy atom. The van der Waals surface area contributed by atoms with E-state index in [9.17, 15) is 35.1 Å². The molecule has 0 amide bonds. The molecule has 0 saturated heterocycles. The molecule has 0 aliphatic carbocycles. The van der Waals surface area contributed by atoms with E-state index in [1.807, 2.05) is 0 Å². The van der Waals surface area contributed by atoms with Crippen LogP contribution in [0, 0.1) is 0 Å². The van der Waals surface area contributed by atoms with Crippen LogP contribution >= 0.6 is 0 Å². The van der Waals surface area contributed by atoms with Crippen molar-refractivity contribution in [2.24, 2.45) is 0 Å². The summed E-state index contributed by atoms with van der Waals surface area (Å²) in [6.45, 7) is -2.93. The smallest absolute Gasteiger partial charge is 0.247 e. The van der Waals surface area contributed by atoms with E-state index in [0.717, 1.165) is 0 Å². The molecule has 0 saturated carbocycles. The van der Waals surface area contributed by atoms with Crippen molar-refractivity contribution in [1.29, 1.82) is 0 Å². The standard InChI is InChI=1S/C5H2F8/c6-1-4(10,5(11,12)13)2(7)3(8)9/h1H2. The summed E-state index contributed by atoms with van der Waals surface area (Å²) in [5.41, 5.74) is -5.24. The molecule has 0 rings (SSSR count). The number of halogens is 8. The number of allylic oxidation sites excluding steroid dienone is 1. The summed E-state index contributed by atoms with van der Waals surface area (Å²) < 4.78 is 92.5. The largest absolute Gasteiger partial charge is 0.431 e. The first-order chi connectivity index (χ1) is 5.66. The second-order valence-electron chi connectivity index (χ2n) is 2.01. The Morgan fingerprint density at radius 1 is 0.923 bits per heavy atom. The van der Waals surface area contributed by atoms with Gasteiger partial charge in [-0.25, -0.2) is 13.2 Å². The fourth-order valence-electron chi connectivity index (χ4n) is 0.409. The molecule has 0 aliphatic heterocycles. The Morgan fingerprint density at radius 2 is 1.31 bits per heavy atom. The van der Waals surface area contributed by atoms with Gasteiger partial charge < -0.3 is 0 Å². The molecule has 0 nitrogen and oxygen atoms in total. The highest BCUT2D eigenvalue weighted by molar-refractivity contribution is 5.14. The molecule has 0 fully saturated rings. The molecule has 0 aliphatic rings. The van der Waals surface area contributed by atoms with Crippen LogP contribution in [0.25, 0.3) is 0 Å². The van der Waals surface area contributed by atoms with Crippen molar-refractivity contribution in [3.8, 4) is 0 Å². The van der Waals surface area contributed by atoms with E-state index in [2.05, 4.69) is 0 Å². The fraction of sp³-hybridized carbons (Fsp3) is 0.600. The summed E-state index contributed by atoms with van der Waals surface area (Å²) in [7, 11) is 0. The van der Waals surface area contributed by atoms with Crippen molar-refractivity contribution >= 4 is 0 Å². The SMILES string of the molecule is FCC(F)(C(F)=C(F)F)C(F)(F)F. The number of rotatable bonds is 2. The van der Waals surface area contributed by atoms with Crippen LogP contribution in [0.1, 0.15) is 0 Å². The van der Waals surface area contributed by atoms with Crippen molar-refractivity contribution in [2.75, 3.05) is 6.67 Å². The van der Waals surface area contributed by atoms with Crippen molar-refractivity contribution in [3.05, 3.63) is 11.9 Å². The van der Waals surface area contributed by atoms with Crippen LogP contribution < -0.4 is 0 Å². The lowest BCUT2D eigenvalue weighted by molar-refractivity contribution is -0.227. The van der Waals surface area contributed by atoms with E-state index in [4.69, 9.17) is 0 Å². The first kappa shape index (κ1) is 12.2. The van der Waals surface area contributed by atoms with Crippen molar-refractivity contribution in [3.63, 3.8) is 0 Å². The molecule has 1 unspecified atom stereocenters. The van der Waals surface area contributed by atoms with Gasteiger partial charge in [0.2, 0.25) is 5.83 Å². The molecule has 13 heavy (non-hydrogen) atoms. The molecule has 1 atom stereocenters. The minimum atomic E-state index is -6.05. The van der Waals surface area contributed by atoms with Gasteiger partial charge >= 0.3 is 12.3 Å². The van der Waals surface area contributed by atoms with Crippen molar-refractivity contribution in [2.45, 2.75) is 11.8 Å². The van der Waals surface area contributed by atoms with Crippen LogP contribution in [0.2, 0.25) is 0 Å². The average molecular weight is 214 g/mol. The van der Waals surface area contributed by atoms with Gasteiger partial charge in [0.15, 0.2) is 0 Å². The summed E-state index contributed by atoms with van der Waals surface area (Å²) in [5.74, 6) is -3.44. The molecule has 0 aromatic rings. The number of alkyl halides is 5. The van der Waals surface area contributed by atoms with Crippen molar-refractivity contribution in [1.82, 2.24) is 0 Å². The van der Waals surface area contributed by atoms with Crippen LogP contribution in [0.15, 0.2) is 11.9 Å². The van der Waals surface area contributed by atoms with Gasteiger partial charge in [-0.05, 0) is 0 Å². The predicted octanol–water partition coefficient (Wildman–Crippen LogP) is 3.30. The first-order valence-corrected chi connectivity index (χ1v) is 2.69. The Kier molecular flexibility index (Phi) is 3.28. The lowest BCUT2D eigenvalue weighted by Gasteiger charge is -2.22. The van der Waals surface area contributed by atoms with Crippen LogP contribution in [-0.4, -0.2) is 18.5 Å². The van der Waals surface area contributed by atoms with Gasteiger partial charge in [-0.3, -0.25) is 0 Å². The number of hydrogen-bond acceptors (Lipinski definition) is 0. The quantitative estimate of drug-likeness (QED) is 0.618. The molecule has 0 aromatic heterocycles. The first-order valence-electron chi connectivity index (χ1n) is 2.69. The van der Waals surface area contributed by atoms with Gasteiger partial charge in [0.25, 0.3) is 5.67 Å². The minimum Gasteiger partial charge on any atom is -0.247 e. The normalized spacial score (nSPS) is 16.6. The zero-order valence-electron chi connectivity index (χ0n) is 5.73. The van der Waals surface area contributed by atoms with E-state index in [1.54, 1.807) is 0 Å². The maximum atomic E-state index is 12.3. The predicted molar refractivity (Wildman–Crippen MR) is 26.2 cm³/mol.